The van der Waals surface area contributed by atoms with Gasteiger partial charge in [0.05, 0.1) is 36.5 Å². The third-order valence-electron chi connectivity index (χ3n) is 7.45. The van der Waals surface area contributed by atoms with Crippen LogP contribution in [-0.4, -0.2) is 53.9 Å². The topological polar surface area (TPSA) is 91.0 Å². The number of ether oxygens (including phenoxy) is 1. The highest BCUT2D eigenvalue weighted by atomic mass is 19.4. The third-order valence-corrected chi connectivity index (χ3v) is 7.45. The second kappa shape index (κ2) is 12.0. The molecule has 2 unspecified atom stereocenters. The molecule has 0 saturated heterocycles. The number of nitrogens with zero attached hydrogens (tertiary/aromatic N) is 2. The van der Waals surface area contributed by atoms with E-state index in [9.17, 15) is 27.6 Å². The molecule has 0 aliphatic carbocycles. The lowest BCUT2D eigenvalue weighted by atomic mass is 9.91. The Labute approximate surface area is 246 Å². The number of urea groups is 1. The maximum absolute atomic E-state index is 14.2. The molecule has 0 saturated carbocycles. The van der Waals surface area contributed by atoms with Gasteiger partial charge in [-0.25, -0.2) is 4.79 Å². The molecule has 0 aromatic heterocycles. The van der Waals surface area contributed by atoms with E-state index in [2.05, 4.69) is 17.2 Å². The second-order valence-electron chi connectivity index (χ2n) is 10.1. The molecule has 2 atom stereocenters. The van der Waals surface area contributed by atoms with Crippen LogP contribution in [0.15, 0.2) is 103 Å². The predicted octanol–water partition coefficient (Wildman–Crippen LogP) is 5.31. The number of hydrogen-bond acceptors (Lipinski definition) is 4. The van der Waals surface area contributed by atoms with Gasteiger partial charge in [-0.3, -0.25) is 14.5 Å². The molecule has 2 N–H and O–H groups in total. The Morgan fingerprint density at radius 3 is 2.40 bits per heavy atom. The lowest BCUT2D eigenvalue weighted by Gasteiger charge is -2.33. The fourth-order valence-electron chi connectivity index (χ4n) is 5.41. The molecule has 4 amide bonds. The number of anilines is 1. The third kappa shape index (κ3) is 5.97. The van der Waals surface area contributed by atoms with Crippen LogP contribution in [0.1, 0.15) is 22.7 Å². The van der Waals surface area contributed by atoms with Crippen molar-refractivity contribution in [3.05, 3.63) is 119 Å². The van der Waals surface area contributed by atoms with E-state index in [4.69, 9.17) is 4.74 Å². The Bertz CT molecular complexity index is 1570. The van der Waals surface area contributed by atoms with Crippen LogP contribution in [0.3, 0.4) is 0 Å². The monoisotopic (exact) mass is 590 g/mol. The number of hydrogen-bond donors (Lipinski definition) is 2. The Kier molecular flexibility index (Phi) is 8.24. The van der Waals surface area contributed by atoms with Gasteiger partial charge in [0.1, 0.15) is 11.8 Å². The minimum Gasteiger partial charge on any atom is -0.497 e. The fraction of sp³-hybridized carbons (Fsp3) is 0.219. The van der Waals surface area contributed by atoms with Crippen LogP contribution in [0.4, 0.5) is 23.7 Å². The number of amides is 4. The summed E-state index contributed by atoms with van der Waals surface area (Å²) in [7, 11) is 1.52. The van der Waals surface area contributed by atoms with Gasteiger partial charge in [-0.15, -0.1) is 6.58 Å². The van der Waals surface area contributed by atoms with Gasteiger partial charge in [0.25, 0.3) is 5.91 Å². The minimum absolute atomic E-state index is 0.0147. The van der Waals surface area contributed by atoms with Crippen LogP contribution in [0.25, 0.3) is 0 Å². The molecule has 11 heteroatoms. The van der Waals surface area contributed by atoms with Gasteiger partial charge in [0.2, 0.25) is 5.91 Å². The van der Waals surface area contributed by atoms with Gasteiger partial charge in [0, 0.05) is 18.7 Å². The van der Waals surface area contributed by atoms with Crippen LogP contribution in [0.2, 0.25) is 0 Å². The van der Waals surface area contributed by atoms with Crippen LogP contribution >= 0.6 is 0 Å². The molecule has 8 nitrogen and oxygen atoms in total. The molecule has 2 aliphatic heterocycles. The normalized spacial score (nSPS) is 17.3. The summed E-state index contributed by atoms with van der Waals surface area (Å²) in [6, 6.07) is 17.5. The maximum Gasteiger partial charge on any atom is 0.416 e. The van der Waals surface area contributed by atoms with Gasteiger partial charge in [-0.1, -0.05) is 54.6 Å². The summed E-state index contributed by atoms with van der Waals surface area (Å²) in [4.78, 5) is 43.8. The van der Waals surface area contributed by atoms with Crippen molar-refractivity contribution in [3.63, 3.8) is 0 Å². The van der Waals surface area contributed by atoms with Gasteiger partial charge in [0.15, 0.2) is 0 Å². The van der Waals surface area contributed by atoms with E-state index in [0.29, 0.717) is 11.4 Å². The first-order chi connectivity index (χ1) is 20.6. The number of rotatable bonds is 9. The van der Waals surface area contributed by atoms with Crippen molar-refractivity contribution in [3.8, 4) is 5.75 Å². The molecule has 222 valence electrons. The quantitative estimate of drug-likeness (QED) is 0.331. The molecule has 2 heterocycles. The SMILES string of the molecule is C=CCN1C(=O)NC(c2ccccc2C(F)(F)F)C2=C1CN(C(Cc1ccccc1)C(=O)Nc1ccc(OC)cc1)C2=O. The van der Waals surface area contributed by atoms with Crippen LogP contribution in [-0.2, 0) is 22.2 Å². The largest absolute Gasteiger partial charge is 0.497 e. The molecular formula is C32H29F3N4O4. The first kappa shape index (κ1) is 29.4. The lowest BCUT2D eigenvalue weighted by Crippen LogP contribution is -2.47. The molecular weight excluding hydrogens is 561 g/mol. The van der Waals surface area contributed by atoms with Gasteiger partial charge >= 0.3 is 12.2 Å². The zero-order valence-electron chi connectivity index (χ0n) is 23.2. The number of carbonyl (C=O) groups is 3. The molecule has 3 aromatic rings. The zero-order chi connectivity index (χ0) is 30.7. The van der Waals surface area contributed by atoms with Crippen molar-refractivity contribution in [2.45, 2.75) is 24.7 Å². The Morgan fingerprint density at radius 2 is 1.74 bits per heavy atom. The summed E-state index contributed by atoms with van der Waals surface area (Å²) in [5, 5.41) is 5.43. The summed E-state index contributed by atoms with van der Waals surface area (Å²) in [5.41, 5.74) is 0.223. The maximum atomic E-state index is 14.2. The zero-order valence-corrected chi connectivity index (χ0v) is 23.2. The van der Waals surface area contributed by atoms with Gasteiger partial charge < -0.3 is 20.3 Å². The molecule has 43 heavy (non-hydrogen) atoms. The highest BCUT2D eigenvalue weighted by Gasteiger charge is 2.48. The Balaban J connectivity index is 1.55. The van der Waals surface area contributed by atoms with E-state index < -0.39 is 41.7 Å². The smallest absolute Gasteiger partial charge is 0.416 e. The second-order valence-corrected chi connectivity index (χ2v) is 10.1. The summed E-state index contributed by atoms with van der Waals surface area (Å²) in [5.74, 6) is -0.545. The van der Waals surface area contributed by atoms with Gasteiger partial charge in [-0.05, 0) is 41.5 Å². The predicted molar refractivity (Wildman–Crippen MR) is 154 cm³/mol. The van der Waals surface area contributed by atoms with Crippen molar-refractivity contribution in [1.29, 1.82) is 0 Å². The van der Waals surface area contributed by atoms with Crippen LogP contribution < -0.4 is 15.4 Å². The highest BCUT2D eigenvalue weighted by Crippen LogP contribution is 2.42. The van der Waals surface area contributed by atoms with Crippen molar-refractivity contribution < 1.29 is 32.3 Å². The van der Waals surface area contributed by atoms with E-state index in [1.165, 1.54) is 41.2 Å². The average Bonchev–Trinajstić information content (AvgIpc) is 3.34. The Hall–Kier alpha value is -5.06. The van der Waals surface area contributed by atoms with Crippen molar-refractivity contribution in [2.75, 3.05) is 25.5 Å². The standard InChI is InChI=1S/C32H29F3N4O4/c1-3-17-38-26-19-39(30(41)27(26)28(37-31(38)42)23-11-7-8-12-24(23)32(33,34)35)25(18-20-9-5-4-6-10-20)29(40)36-21-13-15-22(43-2)16-14-21/h3-16,25,28H,1,17-19H2,2H3,(H,36,40)(H,37,42). The average molecular weight is 591 g/mol. The Morgan fingerprint density at radius 1 is 1.07 bits per heavy atom. The molecule has 0 spiro atoms. The molecule has 3 aromatic carbocycles. The number of halogens is 3. The lowest BCUT2D eigenvalue weighted by molar-refractivity contribution is -0.138. The van der Waals surface area contributed by atoms with Crippen molar-refractivity contribution >= 4 is 23.5 Å². The van der Waals surface area contributed by atoms with Gasteiger partial charge in [-0.2, -0.15) is 13.2 Å². The highest BCUT2D eigenvalue weighted by molar-refractivity contribution is 6.05. The number of benzene rings is 3. The molecule has 0 radical (unpaired) electrons. The van der Waals surface area contributed by atoms with E-state index in [0.717, 1.165) is 11.6 Å². The van der Waals surface area contributed by atoms with E-state index >= 15 is 0 Å². The summed E-state index contributed by atoms with van der Waals surface area (Å²) < 4.78 is 47.3. The van der Waals surface area contributed by atoms with E-state index in [1.54, 1.807) is 36.4 Å². The molecule has 5 rings (SSSR count). The number of alkyl halides is 3. The van der Waals surface area contributed by atoms with Crippen LogP contribution in [0.5, 0.6) is 5.75 Å². The van der Waals surface area contributed by atoms with Crippen LogP contribution in [0, 0.1) is 0 Å². The number of carbonyl (C=O) groups excluding carboxylic acids is 3. The van der Waals surface area contributed by atoms with Crippen molar-refractivity contribution in [1.82, 2.24) is 15.1 Å². The number of methoxy groups -OCH3 is 1. The fourth-order valence-corrected chi connectivity index (χ4v) is 5.41. The minimum atomic E-state index is -4.73. The summed E-state index contributed by atoms with van der Waals surface area (Å²) >= 11 is 0. The van der Waals surface area contributed by atoms with Crippen molar-refractivity contribution in [2.24, 2.45) is 0 Å². The molecule has 0 fully saturated rings. The summed E-state index contributed by atoms with van der Waals surface area (Å²) in [6.45, 7) is 3.53. The first-order valence-corrected chi connectivity index (χ1v) is 13.5. The summed E-state index contributed by atoms with van der Waals surface area (Å²) in [6.07, 6.45) is -3.14. The van der Waals surface area contributed by atoms with E-state index in [-0.39, 0.29) is 36.3 Å². The number of nitrogens with one attached hydrogen (secondary N) is 2. The first-order valence-electron chi connectivity index (χ1n) is 13.5. The van der Waals surface area contributed by atoms with E-state index in [1.807, 2.05) is 18.2 Å². The molecule has 0 bridgehead atoms. The molecule has 2 aliphatic rings.